The third kappa shape index (κ3) is 9.46. The van der Waals surface area contributed by atoms with Crippen LogP contribution in [-0.2, 0) is 25.5 Å². The van der Waals surface area contributed by atoms with E-state index < -0.39 is 5.97 Å². The zero-order valence-corrected chi connectivity index (χ0v) is 14.6. The third-order valence-electron chi connectivity index (χ3n) is 3.64. The van der Waals surface area contributed by atoms with Gasteiger partial charge in [0.15, 0.2) is 0 Å². The van der Waals surface area contributed by atoms with Gasteiger partial charge < -0.3 is 10.1 Å². The summed E-state index contributed by atoms with van der Waals surface area (Å²) in [6, 6.07) is 9.26. The highest BCUT2D eigenvalue weighted by atomic mass is 16.5. The molecule has 0 aliphatic rings. The van der Waals surface area contributed by atoms with E-state index in [9.17, 15) is 19.6 Å². The van der Waals surface area contributed by atoms with Crippen LogP contribution in [0.1, 0.15) is 37.7 Å². The van der Waals surface area contributed by atoms with E-state index in [2.05, 4.69) is 10.1 Å². The van der Waals surface area contributed by atoms with Crippen LogP contribution in [0.4, 0.5) is 0 Å². The fraction of sp³-hybridized carbons (Fsp3) is 0.500. The van der Waals surface area contributed by atoms with Crippen LogP contribution in [0.25, 0.3) is 0 Å². The van der Waals surface area contributed by atoms with Gasteiger partial charge in [-0.25, -0.2) is 5.06 Å². The van der Waals surface area contributed by atoms with E-state index in [4.69, 9.17) is 0 Å². The minimum atomic E-state index is -0.404. The van der Waals surface area contributed by atoms with Crippen molar-refractivity contribution in [3.05, 3.63) is 35.9 Å². The Morgan fingerprint density at radius 3 is 2.48 bits per heavy atom. The number of hydroxylamine groups is 2. The second-order valence-corrected chi connectivity index (χ2v) is 5.67. The number of esters is 1. The highest BCUT2D eigenvalue weighted by Crippen LogP contribution is 2.03. The van der Waals surface area contributed by atoms with Crippen LogP contribution in [0.5, 0.6) is 0 Å². The molecule has 0 aliphatic carbocycles. The van der Waals surface area contributed by atoms with Crippen LogP contribution in [0.15, 0.2) is 30.3 Å². The van der Waals surface area contributed by atoms with E-state index in [-0.39, 0.29) is 37.6 Å². The molecule has 1 aromatic rings. The Bertz CT molecular complexity index is 548. The summed E-state index contributed by atoms with van der Waals surface area (Å²) in [6.07, 6.45) is 2.52. The number of nitrogens with zero attached hydrogens (tertiary/aromatic N) is 1. The first-order valence-electron chi connectivity index (χ1n) is 8.39. The predicted octanol–water partition coefficient (Wildman–Crippen LogP) is 1.69. The predicted molar refractivity (Wildman–Crippen MR) is 91.8 cm³/mol. The summed E-state index contributed by atoms with van der Waals surface area (Å²) in [6.45, 7) is 0.769. The standard InChI is InChI=1S/C18H26N2O5/c1-25-18(23)11-10-16(21)19-12-6-3-7-13-20(24)17(22)14-15-8-4-2-5-9-15/h2,4-5,8-9,24H,3,6-7,10-14H2,1H3,(H,19,21). The molecule has 0 atom stereocenters. The quantitative estimate of drug-likeness (QED) is 0.274. The molecular formula is C18H26N2O5. The molecule has 1 rings (SSSR count). The van der Waals surface area contributed by atoms with Crippen molar-refractivity contribution < 1.29 is 24.3 Å². The molecule has 0 spiro atoms. The van der Waals surface area contributed by atoms with Crippen LogP contribution >= 0.6 is 0 Å². The number of methoxy groups -OCH3 is 1. The molecule has 0 aromatic heterocycles. The van der Waals surface area contributed by atoms with Gasteiger partial charge in [0.2, 0.25) is 11.8 Å². The van der Waals surface area contributed by atoms with Crippen LogP contribution < -0.4 is 5.32 Å². The molecule has 0 radical (unpaired) electrons. The van der Waals surface area contributed by atoms with Gasteiger partial charge >= 0.3 is 5.97 Å². The van der Waals surface area contributed by atoms with Gasteiger partial charge in [0.25, 0.3) is 0 Å². The van der Waals surface area contributed by atoms with Crippen molar-refractivity contribution in [2.45, 2.75) is 38.5 Å². The molecule has 0 unspecified atom stereocenters. The number of carbonyl (C=O) groups excluding carboxylic acids is 3. The number of rotatable bonds is 11. The van der Waals surface area contributed by atoms with Gasteiger partial charge in [-0.2, -0.15) is 0 Å². The second kappa shape index (κ2) is 12.0. The number of hydrogen-bond acceptors (Lipinski definition) is 5. The first-order chi connectivity index (χ1) is 12.0. The maximum atomic E-state index is 11.9. The van der Waals surface area contributed by atoms with Crippen molar-refractivity contribution in [3.8, 4) is 0 Å². The lowest BCUT2D eigenvalue weighted by atomic mass is 10.1. The minimum absolute atomic E-state index is 0.0747. The van der Waals surface area contributed by atoms with Gasteiger partial charge in [0, 0.05) is 19.5 Å². The first kappa shape index (κ1) is 20.6. The van der Waals surface area contributed by atoms with Gasteiger partial charge in [-0.3, -0.25) is 19.6 Å². The Kier molecular flexibility index (Phi) is 9.92. The van der Waals surface area contributed by atoms with Crippen molar-refractivity contribution in [1.82, 2.24) is 10.4 Å². The summed E-state index contributed by atoms with van der Waals surface area (Å²) in [7, 11) is 1.29. The lowest BCUT2D eigenvalue weighted by Crippen LogP contribution is -2.30. The lowest BCUT2D eigenvalue weighted by Gasteiger charge is -2.15. The lowest BCUT2D eigenvalue weighted by molar-refractivity contribution is -0.164. The van der Waals surface area contributed by atoms with E-state index in [1.165, 1.54) is 7.11 Å². The normalized spacial score (nSPS) is 10.2. The summed E-state index contributed by atoms with van der Waals surface area (Å²) in [5.74, 6) is -0.923. The molecule has 0 saturated carbocycles. The summed E-state index contributed by atoms with van der Waals surface area (Å²) in [4.78, 5) is 34.2. The maximum absolute atomic E-state index is 11.9. The molecule has 1 aromatic carbocycles. The summed E-state index contributed by atoms with van der Waals surface area (Å²) < 4.78 is 4.46. The van der Waals surface area contributed by atoms with Crippen molar-refractivity contribution in [2.75, 3.05) is 20.2 Å². The van der Waals surface area contributed by atoms with E-state index >= 15 is 0 Å². The third-order valence-corrected chi connectivity index (χ3v) is 3.64. The van der Waals surface area contributed by atoms with Gasteiger partial charge in [-0.1, -0.05) is 30.3 Å². The van der Waals surface area contributed by atoms with Crippen LogP contribution in [0.2, 0.25) is 0 Å². The number of benzene rings is 1. The molecular weight excluding hydrogens is 324 g/mol. The van der Waals surface area contributed by atoms with Crippen molar-refractivity contribution in [1.29, 1.82) is 0 Å². The van der Waals surface area contributed by atoms with E-state index in [0.29, 0.717) is 13.0 Å². The zero-order chi connectivity index (χ0) is 18.5. The number of hydrogen-bond donors (Lipinski definition) is 2. The van der Waals surface area contributed by atoms with Crippen LogP contribution in [0.3, 0.4) is 0 Å². The van der Waals surface area contributed by atoms with Crippen LogP contribution in [0, 0.1) is 0 Å². The molecule has 0 heterocycles. The number of amides is 2. The average Bonchev–Trinajstić information content (AvgIpc) is 2.63. The van der Waals surface area contributed by atoms with Crippen LogP contribution in [-0.4, -0.2) is 48.3 Å². The number of ether oxygens (including phenoxy) is 1. The molecule has 7 heteroatoms. The summed E-state index contributed by atoms with van der Waals surface area (Å²) in [5, 5.41) is 13.2. The summed E-state index contributed by atoms with van der Waals surface area (Å²) in [5.41, 5.74) is 0.862. The van der Waals surface area contributed by atoms with E-state index in [1.807, 2.05) is 30.3 Å². The highest BCUT2D eigenvalue weighted by molar-refractivity contribution is 5.81. The number of unbranched alkanes of at least 4 members (excludes halogenated alkanes) is 2. The Morgan fingerprint density at radius 2 is 1.80 bits per heavy atom. The van der Waals surface area contributed by atoms with E-state index in [1.54, 1.807) is 0 Å². The van der Waals surface area contributed by atoms with Crippen molar-refractivity contribution in [2.24, 2.45) is 0 Å². The Balaban J connectivity index is 2.06. The molecule has 2 N–H and O–H groups in total. The van der Waals surface area contributed by atoms with Crippen molar-refractivity contribution >= 4 is 17.8 Å². The maximum Gasteiger partial charge on any atom is 0.306 e. The highest BCUT2D eigenvalue weighted by Gasteiger charge is 2.11. The molecule has 0 bridgehead atoms. The topological polar surface area (TPSA) is 95.9 Å². The van der Waals surface area contributed by atoms with Crippen molar-refractivity contribution in [3.63, 3.8) is 0 Å². The molecule has 0 saturated heterocycles. The van der Waals surface area contributed by atoms with E-state index in [0.717, 1.165) is 23.5 Å². The SMILES string of the molecule is COC(=O)CCC(=O)NCCCCCN(O)C(=O)Cc1ccccc1. The fourth-order valence-corrected chi connectivity index (χ4v) is 2.18. The minimum Gasteiger partial charge on any atom is -0.469 e. The second-order valence-electron chi connectivity index (χ2n) is 5.67. The first-order valence-corrected chi connectivity index (χ1v) is 8.39. The molecule has 0 aliphatic heterocycles. The molecule has 138 valence electrons. The Hall–Kier alpha value is -2.41. The smallest absolute Gasteiger partial charge is 0.306 e. The van der Waals surface area contributed by atoms with Gasteiger partial charge in [0.05, 0.1) is 20.0 Å². The number of nitrogens with one attached hydrogen (secondary N) is 1. The monoisotopic (exact) mass is 350 g/mol. The van der Waals surface area contributed by atoms with Gasteiger partial charge in [0.1, 0.15) is 0 Å². The number of carbonyl (C=O) groups is 3. The van der Waals surface area contributed by atoms with Gasteiger partial charge in [-0.05, 0) is 24.8 Å². The largest absolute Gasteiger partial charge is 0.469 e. The summed E-state index contributed by atoms with van der Waals surface area (Å²) >= 11 is 0. The average molecular weight is 350 g/mol. The van der Waals surface area contributed by atoms with Gasteiger partial charge in [-0.15, -0.1) is 0 Å². The molecule has 25 heavy (non-hydrogen) atoms. The Labute approximate surface area is 147 Å². The zero-order valence-electron chi connectivity index (χ0n) is 14.6. The Morgan fingerprint density at radius 1 is 1.08 bits per heavy atom. The fourth-order valence-electron chi connectivity index (χ4n) is 2.18. The molecule has 2 amide bonds. The molecule has 7 nitrogen and oxygen atoms in total. The molecule has 0 fully saturated rings.